The molecule has 0 radical (unpaired) electrons. The van der Waals surface area contributed by atoms with E-state index in [1.807, 2.05) is 36.4 Å². The van der Waals surface area contributed by atoms with Crippen LogP contribution in [0.2, 0.25) is 0 Å². The number of hydrogen-bond acceptors (Lipinski definition) is 4. The van der Waals surface area contributed by atoms with Gasteiger partial charge in [0.1, 0.15) is 0 Å². The number of ether oxygens (including phenoxy) is 1. The molecule has 0 aliphatic heterocycles. The Morgan fingerprint density at radius 1 is 1.24 bits per heavy atom. The van der Waals surface area contributed by atoms with Crippen molar-refractivity contribution in [2.75, 3.05) is 13.7 Å². The van der Waals surface area contributed by atoms with Gasteiger partial charge in [-0.2, -0.15) is 0 Å². The zero-order valence-corrected chi connectivity index (χ0v) is 11.6. The Kier molecular flexibility index (Phi) is 5.11. The Morgan fingerprint density at radius 3 is 2.62 bits per heavy atom. The maximum atomic E-state index is 11.6. The lowest BCUT2D eigenvalue weighted by molar-refractivity contribution is -0.678. The third-order valence-corrected chi connectivity index (χ3v) is 2.97. The molecule has 21 heavy (non-hydrogen) atoms. The van der Waals surface area contributed by atoms with Crippen LogP contribution in [0.5, 0.6) is 0 Å². The summed E-state index contributed by atoms with van der Waals surface area (Å²) in [5.41, 5.74) is 1.01. The molecule has 1 aromatic heterocycles. The zero-order chi connectivity index (χ0) is 15.1. The molecule has 0 saturated carbocycles. The Balaban J connectivity index is 2.04. The summed E-state index contributed by atoms with van der Waals surface area (Å²) in [6, 6.07) is 13.2. The van der Waals surface area contributed by atoms with Crippen LogP contribution in [0.4, 0.5) is 4.79 Å². The fraction of sp³-hybridized carbons (Fsp3) is 0.200. The summed E-state index contributed by atoms with van der Waals surface area (Å²) < 4.78 is 9.81. The maximum absolute atomic E-state index is 11.6. The molecule has 2 rings (SSSR count). The molecular formula is C15H17N2O4+. The lowest BCUT2D eigenvalue weighted by Gasteiger charge is -2.13. The van der Waals surface area contributed by atoms with Gasteiger partial charge in [0.05, 0.1) is 13.4 Å². The summed E-state index contributed by atoms with van der Waals surface area (Å²) >= 11 is 0. The van der Waals surface area contributed by atoms with Gasteiger partial charge in [0.2, 0.25) is 0 Å². The molecule has 2 aromatic rings. The minimum Gasteiger partial charge on any atom is -0.463 e. The van der Waals surface area contributed by atoms with Crippen molar-refractivity contribution in [2.24, 2.45) is 0 Å². The highest BCUT2D eigenvalue weighted by Crippen LogP contribution is 2.18. The van der Waals surface area contributed by atoms with Crippen LogP contribution in [-0.2, 0) is 9.53 Å². The molecule has 1 atom stereocenters. The monoisotopic (exact) mass is 289 g/mol. The van der Waals surface area contributed by atoms with Crippen LogP contribution in [0.15, 0.2) is 53.1 Å². The van der Waals surface area contributed by atoms with Crippen LogP contribution in [0, 0.1) is 0 Å². The number of nitrogens with two attached hydrogens (primary N) is 1. The average Bonchev–Trinajstić information content (AvgIpc) is 3.02. The number of carbonyl (C=O) groups is 2. The van der Waals surface area contributed by atoms with Crippen LogP contribution >= 0.6 is 0 Å². The Labute approximate surface area is 122 Å². The average molecular weight is 289 g/mol. The Bertz CT molecular complexity index is 581. The zero-order valence-electron chi connectivity index (χ0n) is 11.6. The van der Waals surface area contributed by atoms with Crippen molar-refractivity contribution < 1.29 is 24.1 Å². The first kappa shape index (κ1) is 14.8. The summed E-state index contributed by atoms with van der Waals surface area (Å²) in [6.45, 7) is 0.0787. The maximum Gasteiger partial charge on any atom is 0.413 e. The standard InChI is InChI=1S/C15H16N2O4/c1-20-15(19)17-13(18)10-16-14(12-8-5-9-21-12)11-6-3-2-4-7-11/h2-9,14,16H,10H2,1H3,(H,17,18,19)/p+1/t14-/m0/s1. The third kappa shape index (κ3) is 4.19. The molecule has 110 valence electrons. The number of hydrogen-bond donors (Lipinski definition) is 2. The number of carbonyl (C=O) groups excluding carboxylic acids is 2. The van der Waals surface area contributed by atoms with Gasteiger partial charge in [-0.3, -0.25) is 10.1 Å². The summed E-state index contributed by atoms with van der Waals surface area (Å²) in [5, 5.41) is 3.92. The number of quaternary nitrogens is 1. The molecule has 0 bridgehead atoms. The van der Waals surface area contributed by atoms with Crippen LogP contribution in [0.3, 0.4) is 0 Å². The van der Waals surface area contributed by atoms with Gasteiger partial charge in [-0.25, -0.2) is 4.79 Å². The van der Waals surface area contributed by atoms with Crippen LogP contribution < -0.4 is 10.6 Å². The Morgan fingerprint density at radius 2 is 2.00 bits per heavy atom. The van der Waals surface area contributed by atoms with Gasteiger partial charge in [-0.1, -0.05) is 30.3 Å². The topological polar surface area (TPSA) is 85.1 Å². The van der Waals surface area contributed by atoms with Crippen LogP contribution in [0.25, 0.3) is 0 Å². The molecule has 0 aliphatic carbocycles. The number of amides is 2. The van der Waals surface area contributed by atoms with E-state index in [0.717, 1.165) is 11.3 Å². The number of alkyl carbamates (subject to hydrolysis) is 1. The highest BCUT2D eigenvalue weighted by Gasteiger charge is 2.21. The number of furan rings is 1. The minimum absolute atomic E-state index is 0.0787. The van der Waals surface area contributed by atoms with E-state index < -0.39 is 12.0 Å². The first-order valence-electron chi connectivity index (χ1n) is 6.50. The van der Waals surface area contributed by atoms with Crippen molar-refractivity contribution in [1.82, 2.24) is 5.32 Å². The van der Waals surface area contributed by atoms with Crippen molar-refractivity contribution in [3.8, 4) is 0 Å². The van der Waals surface area contributed by atoms with Gasteiger partial charge in [0, 0.05) is 5.56 Å². The lowest BCUT2D eigenvalue weighted by Crippen LogP contribution is -2.87. The van der Waals surface area contributed by atoms with E-state index in [0.29, 0.717) is 0 Å². The van der Waals surface area contributed by atoms with E-state index in [1.165, 1.54) is 7.11 Å². The highest BCUT2D eigenvalue weighted by molar-refractivity contribution is 5.92. The third-order valence-electron chi connectivity index (χ3n) is 2.97. The van der Waals surface area contributed by atoms with Crippen molar-refractivity contribution in [2.45, 2.75) is 6.04 Å². The molecule has 2 amide bonds. The summed E-state index contributed by atoms with van der Waals surface area (Å²) in [5.74, 6) is 0.321. The summed E-state index contributed by atoms with van der Waals surface area (Å²) in [4.78, 5) is 22.6. The largest absolute Gasteiger partial charge is 0.463 e. The van der Waals surface area contributed by atoms with E-state index in [2.05, 4.69) is 10.1 Å². The number of imide groups is 1. The van der Waals surface area contributed by atoms with E-state index in [1.54, 1.807) is 17.6 Å². The molecule has 1 heterocycles. The smallest absolute Gasteiger partial charge is 0.413 e. The molecule has 6 heteroatoms. The fourth-order valence-corrected chi connectivity index (χ4v) is 1.99. The minimum atomic E-state index is -0.761. The molecule has 0 unspecified atom stereocenters. The van der Waals surface area contributed by atoms with Gasteiger partial charge in [-0.05, 0) is 12.1 Å². The van der Waals surface area contributed by atoms with Gasteiger partial charge < -0.3 is 14.5 Å². The van der Waals surface area contributed by atoms with E-state index in [-0.39, 0.29) is 12.6 Å². The number of benzene rings is 1. The molecule has 6 nitrogen and oxygen atoms in total. The summed E-state index contributed by atoms with van der Waals surface area (Å²) in [7, 11) is 1.21. The predicted octanol–water partition coefficient (Wildman–Crippen LogP) is 0.815. The summed E-state index contributed by atoms with van der Waals surface area (Å²) in [6.07, 6.45) is 0.829. The quantitative estimate of drug-likeness (QED) is 0.853. The van der Waals surface area contributed by atoms with Crippen molar-refractivity contribution in [3.05, 3.63) is 60.1 Å². The van der Waals surface area contributed by atoms with Crippen molar-refractivity contribution in [1.29, 1.82) is 0 Å². The molecule has 0 spiro atoms. The predicted molar refractivity (Wildman–Crippen MR) is 74.3 cm³/mol. The Hall–Kier alpha value is -2.60. The molecule has 1 aromatic carbocycles. The molecule has 0 saturated heterocycles. The normalized spacial score (nSPS) is 11.7. The van der Waals surface area contributed by atoms with Gasteiger partial charge >= 0.3 is 6.09 Å². The van der Waals surface area contributed by atoms with Crippen LogP contribution in [0.1, 0.15) is 17.4 Å². The first-order chi connectivity index (χ1) is 10.2. The van der Waals surface area contributed by atoms with Crippen molar-refractivity contribution >= 4 is 12.0 Å². The van der Waals surface area contributed by atoms with Gasteiger partial charge in [0.15, 0.2) is 18.3 Å². The van der Waals surface area contributed by atoms with Gasteiger partial charge in [0.25, 0.3) is 5.91 Å². The second-order valence-electron chi connectivity index (χ2n) is 4.38. The number of methoxy groups -OCH3 is 1. The lowest BCUT2D eigenvalue weighted by atomic mass is 10.0. The second kappa shape index (κ2) is 7.25. The SMILES string of the molecule is COC(=O)NC(=O)C[NH2+][C@@H](c1ccccc1)c1ccco1. The number of nitrogens with one attached hydrogen (secondary N) is 1. The molecule has 3 N–H and O–H groups in total. The fourth-order valence-electron chi connectivity index (χ4n) is 1.99. The van der Waals surface area contributed by atoms with E-state index in [4.69, 9.17) is 4.42 Å². The molecular weight excluding hydrogens is 272 g/mol. The van der Waals surface area contributed by atoms with E-state index >= 15 is 0 Å². The number of rotatable bonds is 5. The van der Waals surface area contributed by atoms with Gasteiger partial charge in [-0.15, -0.1) is 0 Å². The highest BCUT2D eigenvalue weighted by atomic mass is 16.5. The second-order valence-corrected chi connectivity index (χ2v) is 4.38. The van der Waals surface area contributed by atoms with E-state index in [9.17, 15) is 9.59 Å². The molecule has 0 fully saturated rings. The molecule has 0 aliphatic rings. The van der Waals surface area contributed by atoms with Crippen LogP contribution in [-0.4, -0.2) is 25.7 Å². The van der Waals surface area contributed by atoms with Crippen molar-refractivity contribution in [3.63, 3.8) is 0 Å². The first-order valence-corrected chi connectivity index (χ1v) is 6.50.